The summed E-state index contributed by atoms with van der Waals surface area (Å²) in [6, 6.07) is 7.37. The number of Topliss-reactive ketones (excluding diaryl/α,β-unsaturated/α-hetero) is 1. The minimum atomic E-state index is -0.355. The fourth-order valence-corrected chi connectivity index (χ4v) is 2.38. The summed E-state index contributed by atoms with van der Waals surface area (Å²) in [5.41, 5.74) is 1.62. The molecule has 0 spiro atoms. The quantitative estimate of drug-likeness (QED) is 0.771. The zero-order chi connectivity index (χ0) is 16.1. The van der Waals surface area contributed by atoms with Gasteiger partial charge in [-0.2, -0.15) is 0 Å². The molecule has 5 heteroatoms. The summed E-state index contributed by atoms with van der Waals surface area (Å²) in [4.78, 5) is 29.3. The normalized spacial score (nSPS) is 12.5. The molecule has 0 radical (unpaired) electrons. The molecule has 0 unspecified atom stereocenters. The number of hydrogen-bond donors (Lipinski definition) is 2. The molecule has 1 amide bonds. The van der Waals surface area contributed by atoms with Crippen molar-refractivity contribution >= 4 is 22.6 Å². The average molecular weight is 301 g/mol. The third-order valence-corrected chi connectivity index (χ3v) is 3.86. The Hall–Kier alpha value is -2.14. The highest BCUT2D eigenvalue weighted by Crippen LogP contribution is 2.20. The van der Waals surface area contributed by atoms with Gasteiger partial charge in [0.05, 0.1) is 12.6 Å². The molecule has 0 aliphatic heterocycles. The Morgan fingerprint density at radius 2 is 2.05 bits per heavy atom. The van der Waals surface area contributed by atoms with E-state index in [0.717, 1.165) is 17.3 Å². The predicted molar refractivity (Wildman–Crippen MR) is 88.0 cm³/mol. The molecule has 0 fully saturated rings. The maximum Gasteiger partial charge on any atom is 0.234 e. The summed E-state index contributed by atoms with van der Waals surface area (Å²) in [6.45, 7) is 4.72. The van der Waals surface area contributed by atoms with Gasteiger partial charge in [0.25, 0.3) is 0 Å². The number of rotatable bonds is 7. The second-order valence-electron chi connectivity index (χ2n) is 5.55. The van der Waals surface area contributed by atoms with Gasteiger partial charge in [-0.1, -0.05) is 25.1 Å². The Labute approximate surface area is 130 Å². The molecule has 1 heterocycles. The monoisotopic (exact) mass is 301 g/mol. The van der Waals surface area contributed by atoms with E-state index in [1.165, 1.54) is 0 Å². The number of ketones is 1. The molecule has 0 saturated heterocycles. The van der Waals surface area contributed by atoms with Crippen LogP contribution >= 0.6 is 0 Å². The van der Waals surface area contributed by atoms with Gasteiger partial charge < -0.3 is 10.3 Å². The van der Waals surface area contributed by atoms with Gasteiger partial charge in [0.15, 0.2) is 5.78 Å². The third kappa shape index (κ3) is 3.54. The van der Waals surface area contributed by atoms with Gasteiger partial charge >= 0.3 is 0 Å². The van der Waals surface area contributed by atoms with Crippen molar-refractivity contribution in [2.75, 3.05) is 20.1 Å². The smallest absolute Gasteiger partial charge is 0.234 e. The number of amides is 1. The zero-order valence-corrected chi connectivity index (χ0v) is 13.3. The third-order valence-electron chi connectivity index (χ3n) is 3.86. The first-order valence-corrected chi connectivity index (χ1v) is 7.61. The topological polar surface area (TPSA) is 65.2 Å². The summed E-state index contributed by atoms with van der Waals surface area (Å²) in [6.07, 6.45) is 2.65. The summed E-state index contributed by atoms with van der Waals surface area (Å²) in [5, 5.41) is 3.74. The lowest BCUT2D eigenvalue weighted by molar-refractivity contribution is -0.122. The number of nitrogens with zero attached hydrogens (tertiary/aromatic N) is 1. The van der Waals surface area contributed by atoms with Gasteiger partial charge in [0.2, 0.25) is 5.91 Å². The van der Waals surface area contributed by atoms with Crippen molar-refractivity contribution in [3.63, 3.8) is 0 Å². The number of benzene rings is 1. The molecule has 5 nitrogen and oxygen atoms in total. The van der Waals surface area contributed by atoms with Gasteiger partial charge in [0.1, 0.15) is 0 Å². The van der Waals surface area contributed by atoms with Crippen LogP contribution in [0.5, 0.6) is 0 Å². The Kier molecular flexibility index (Phi) is 5.33. The number of nitrogens with one attached hydrogen (secondary N) is 2. The highest BCUT2D eigenvalue weighted by atomic mass is 16.2. The van der Waals surface area contributed by atoms with E-state index in [1.807, 2.05) is 38.1 Å². The predicted octanol–water partition coefficient (Wildman–Crippen LogP) is 2.20. The molecule has 1 aromatic carbocycles. The number of para-hydroxylation sites is 1. The SMILES string of the molecule is CCCNC(=O)CN(C)[C@@H](C)C(=O)c1c[nH]c2ccccc12. The summed E-state index contributed by atoms with van der Waals surface area (Å²) < 4.78 is 0. The molecule has 0 aliphatic carbocycles. The molecule has 0 saturated carbocycles. The highest BCUT2D eigenvalue weighted by Gasteiger charge is 2.23. The Morgan fingerprint density at radius 1 is 1.32 bits per heavy atom. The van der Waals surface area contributed by atoms with Crippen LogP contribution in [0.25, 0.3) is 10.9 Å². The molecule has 2 N–H and O–H groups in total. The summed E-state index contributed by atoms with van der Waals surface area (Å²) in [7, 11) is 1.79. The van der Waals surface area contributed by atoms with Gasteiger partial charge in [-0.25, -0.2) is 0 Å². The van der Waals surface area contributed by atoms with E-state index in [0.29, 0.717) is 12.1 Å². The van der Waals surface area contributed by atoms with E-state index in [4.69, 9.17) is 0 Å². The Balaban J connectivity index is 2.06. The molecular weight excluding hydrogens is 278 g/mol. The zero-order valence-electron chi connectivity index (χ0n) is 13.3. The number of carbonyl (C=O) groups is 2. The fraction of sp³-hybridized carbons (Fsp3) is 0.412. The van der Waals surface area contributed by atoms with Crippen molar-refractivity contribution in [1.82, 2.24) is 15.2 Å². The van der Waals surface area contributed by atoms with Crippen molar-refractivity contribution in [3.8, 4) is 0 Å². The number of aromatic amines is 1. The number of aromatic nitrogens is 1. The molecular formula is C17H23N3O2. The lowest BCUT2D eigenvalue weighted by atomic mass is 10.0. The van der Waals surface area contributed by atoms with Crippen LogP contribution in [0.3, 0.4) is 0 Å². The minimum absolute atomic E-state index is 0.0169. The van der Waals surface area contributed by atoms with E-state index in [9.17, 15) is 9.59 Å². The first-order chi connectivity index (χ1) is 10.5. The van der Waals surface area contributed by atoms with Crippen molar-refractivity contribution in [3.05, 3.63) is 36.0 Å². The summed E-state index contributed by atoms with van der Waals surface area (Å²) in [5.74, 6) is -0.0360. The van der Waals surface area contributed by atoms with Crippen LogP contribution in [0.2, 0.25) is 0 Å². The van der Waals surface area contributed by atoms with Gasteiger partial charge in [-0.05, 0) is 26.5 Å². The number of carbonyl (C=O) groups excluding carboxylic acids is 2. The van der Waals surface area contributed by atoms with E-state index in [2.05, 4.69) is 10.3 Å². The van der Waals surface area contributed by atoms with Crippen LogP contribution in [-0.2, 0) is 4.79 Å². The number of H-pyrrole nitrogens is 1. The second-order valence-corrected chi connectivity index (χ2v) is 5.55. The number of likely N-dealkylation sites (N-methyl/N-ethyl adjacent to an activating group) is 1. The standard InChI is InChI=1S/C17H23N3O2/c1-4-9-18-16(21)11-20(3)12(2)17(22)14-10-19-15-8-6-5-7-13(14)15/h5-8,10,12,19H,4,9,11H2,1-3H3,(H,18,21)/t12-/m0/s1. The molecule has 2 rings (SSSR count). The van der Waals surface area contributed by atoms with Crippen molar-refractivity contribution < 1.29 is 9.59 Å². The van der Waals surface area contributed by atoms with Crippen LogP contribution < -0.4 is 5.32 Å². The fourth-order valence-electron chi connectivity index (χ4n) is 2.38. The maximum absolute atomic E-state index is 12.7. The Morgan fingerprint density at radius 3 is 2.77 bits per heavy atom. The van der Waals surface area contributed by atoms with Crippen molar-refractivity contribution in [2.24, 2.45) is 0 Å². The van der Waals surface area contributed by atoms with Crippen molar-refractivity contribution in [2.45, 2.75) is 26.3 Å². The molecule has 118 valence electrons. The van der Waals surface area contributed by atoms with E-state index < -0.39 is 0 Å². The van der Waals surface area contributed by atoms with Crippen LogP contribution in [0.1, 0.15) is 30.6 Å². The van der Waals surface area contributed by atoms with Crippen LogP contribution in [0, 0.1) is 0 Å². The van der Waals surface area contributed by atoms with E-state index >= 15 is 0 Å². The minimum Gasteiger partial charge on any atom is -0.360 e. The first kappa shape index (κ1) is 16.2. The second kappa shape index (κ2) is 7.22. The molecule has 0 aliphatic rings. The molecule has 2 aromatic rings. The van der Waals surface area contributed by atoms with E-state index in [-0.39, 0.29) is 24.3 Å². The van der Waals surface area contributed by atoms with Gasteiger partial charge in [0, 0.05) is 29.2 Å². The molecule has 1 aromatic heterocycles. The molecule has 1 atom stereocenters. The highest BCUT2D eigenvalue weighted by molar-refractivity contribution is 6.10. The lowest BCUT2D eigenvalue weighted by Gasteiger charge is -2.22. The maximum atomic E-state index is 12.7. The largest absolute Gasteiger partial charge is 0.360 e. The van der Waals surface area contributed by atoms with Crippen LogP contribution in [0.15, 0.2) is 30.5 Å². The number of fused-ring (bicyclic) bond motifs is 1. The number of hydrogen-bond acceptors (Lipinski definition) is 3. The van der Waals surface area contributed by atoms with Gasteiger partial charge in [-0.3, -0.25) is 14.5 Å². The molecule has 22 heavy (non-hydrogen) atoms. The lowest BCUT2D eigenvalue weighted by Crippen LogP contribution is -2.43. The Bertz CT molecular complexity index is 663. The first-order valence-electron chi connectivity index (χ1n) is 7.61. The molecule has 0 bridgehead atoms. The van der Waals surface area contributed by atoms with Crippen molar-refractivity contribution in [1.29, 1.82) is 0 Å². The van der Waals surface area contributed by atoms with Crippen LogP contribution in [-0.4, -0.2) is 47.8 Å². The summed E-state index contributed by atoms with van der Waals surface area (Å²) >= 11 is 0. The van der Waals surface area contributed by atoms with E-state index in [1.54, 1.807) is 18.1 Å². The average Bonchev–Trinajstić information content (AvgIpc) is 2.95. The van der Waals surface area contributed by atoms with Gasteiger partial charge in [-0.15, -0.1) is 0 Å². The van der Waals surface area contributed by atoms with Crippen LogP contribution in [0.4, 0.5) is 0 Å².